The van der Waals surface area contributed by atoms with E-state index >= 15 is 0 Å². The zero-order chi connectivity index (χ0) is 13.3. The van der Waals surface area contributed by atoms with Gasteiger partial charge in [-0.2, -0.15) is 4.98 Å². The molecular formula is C10H9Cl2N5O. The van der Waals surface area contributed by atoms with E-state index in [-0.39, 0.29) is 21.7 Å². The van der Waals surface area contributed by atoms with E-state index in [4.69, 9.17) is 28.9 Å². The van der Waals surface area contributed by atoms with Crippen LogP contribution in [-0.4, -0.2) is 21.2 Å². The summed E-state index contributed by atoms with van der Waals surface area (Å²) in [6, 6.07) is 4.08. The number of nitrogens with two attached hydrogens (primary N) is 1. The Morgan fingerprint density at radius 1 is 1.39 bits per heavy atom. The van der Waals surface area contributed by atoms with Crippen LogP contribution < -0.4 is 10.6 Å². The number of benzene rings is 1. The van der Waals surface area contributed by atoms with Gasteiger partial charge < -0.3 is 5.73 Å². The van der Waals surface area contributed by atoms with Crippen LogP contribution in [0.5, 0.6) is 0 Å². The average Bonchev–Trinajstić information content (AvgIpc) is 2.69. The van der Waals surface area contributed by atoms with Crippen LogP contribution in [0.25, 0.3) is 0 Å². The molecule has 0 unspecified atom stereocenters. The highest BCUT2D eigenvalue weighted by molar-refractivity contribution is 6.40. The summed E-state index contributed by atoms with van der Waals surface area (Å²) in [5, 5.41) is 7.05. The van der Waals surface area contributed by atoms with Gasteiger partial charge in [0.1, 0.15) is 5.82 Å². The molecule has 0 bridgehead atoms. The Morgan fingerprint density at radius 3 is 2.44 bits per heavy atom. The van der Waals surface area contributed by atoms with E-state index < -0.39 is 6.03 Å². The number of H-pyrrole nitrogens is 1. The monoisotopic (exact) mass is 285 g/mol. The van der Waals surface area contributed by atoms with Crippen molar-refractivity contribution < 1.29 is 4.79 Å². The standard InChI is InChI=1S/C10H9Cl2N5O/c1-5-14-10(16-15-5)17(9(13)18)8-6(11)3-2-4-7(8)12/h2-4H,1H3,(H2,13,18)(H,14,15,16). The lowest BCUT2D eigenvalue weighted by Crippen LogP contribution is -2.32. The lowest BCUT2D eigenvalue weighted by atomic mass is 10.3. The first kappa shape index (κ1) is 12.7. The number of primary amides is 1. The molecule has 1 heterocycles. The van der Waals surface area contributed by atoms with Crippen LogP contribution in [0, 0.1) is 6.92 Å². The Labute approximate surface area is 113 Å². The number of aromatic nitrogens is 3. The third-order valence-corrected chi connectivity index (χ3v) is 2.78. The summed E-state index contributed by atoms with van der Waals surface area (Å²) >= 11 is 12.1. The first-order chi connectivity index (χ1) is 8.50. The normalized spacial score (nSPS) is 10.4. The van der Waals surface area contributed by atoms with Gasteiger partial charge in [-0.3, -0.25) is 5.10 Å². The molecule has 18 heavy (non-hydrogen) atoms. The Morgan fingerprint density at radius 2 is 2.00 bits per heavy atom. The van der Waals surface area contributed by atoms with E-state index in [9.17, 15) is 4.79 Å². The molecule has 0 saturated carbocycles. The molecule has 0 aliphatic rings. The number of anilines is 2. The summed E-state index contributed by atoms with van der Waals surface area (Å²) in [5.74, 6) is 0.634. The van der Waals surface area contributed by atoms with E-state index in [0.29, 0.717) is 5.82 Å². The number of urea groups is 1. The molecule has 2 aromatic rings. The van der Waals surface area contributed by atoms with Crippen LogP contribution in [0.4, 0.5) is 16.4 Å². The summed E-state index contributed by atoms with van der Waals surface area (Å²) < 4.78 is 0. The molecular weight excluding hydrogens is 277 g/mol. The van der Waals surface area contributed by atoms with Crippen molar-refractivity contribution in [2.75, 3.05) is 4.90 Å². The van der Waals surface area contributed by atoms with Crippen molar-refractivity contribution in [2.45, 2.75) is 6.92 Å². The highest BCUT2D eigenvalue weighted by Gasteiger charge is 2.24. The van der Waals surface area contributed by atoms with Crippen molar-refractivity contribution in [3.05, 3.63) is 34.1 Å². The minimum atomic E-state index is -0.774. The van der Waals surface area contributed by atoms with Crippen LogP contribution in [0.15, 0.2) is 18.2 Å². The molecule has 1 aromatic heterocycles. The number of aryl methyl sites for hydroxylation is 1. The van der Waals surface area contributed by atoms with Crippen molar-refractivity contribution in [3.8, 4) is 0 Å². The predicted octanol–water partition coefficient (Wildman–Crippen LogP) is 2.64. The smallest absolute Gasteiger partial charge is 0.326 e. The second-order valence-electron chi connectivity index (χ2n) is 3.46. The number of carbonyl (C=O) groups is 1. The maximum Gasteiger partial charge on any atom is 0.326 e. The summed E-state index contributed by atoms with van der Waals surface area (Å²) in [4.78, 5) is 16.6. The fourth-order valence-corrected chi connectivity index (χ4v) is 2.01. The molecule has 0 atom stereocenters. The molecule has 2 rings (SSSR count). The molecule has 6 nitrogen and oxygen atoms in total. The third-order valence-electron chi connectivity index (χ3n) is 2.17. The molecule has 0 radical (unpaired) electrons. The highest BCUT2D eigenvalue weighted by Crippen LogP contribution is 2.36. The summed E-state index contributed by atoms with van der Waals surface area (Å²) in [6.07, 6.45) is 0. The van der Waals surface area contributed by atoms with Crippen LogP contribution in [0.2, 0.25) is 10.0 Å². The van der Waals surface area contributed by atoms with Crippen LogP contribution in [-0.2, 0) is 0 Å². The second kappa shape index (κ2) is 4.83. The van der Waals surface area contributed by atoms with Gasteiger partial charge in [-0.1, -0.05) is 29.3 Å². The first-order valence-electron chi connectivity index (χ1n) is 4.93. The molecule has 0 fully saturated rings. The number of nitrogens with one attached hydrogen (secondary N) is 1. The molecule has 94 valence electrons. The number of hydrogen-bond acceptors (Lipinski definition) is 3. The zero-order valence-corrected chi connectivity index (χ0v) is 10.8. The van der Waals surface area contributed by atoms with Crippen molar-refractivity contribution in [2.24, 2.45) is 5.73 Å². The minimum Gasteiger partial charge on any atom is -0.351 e. The highest BCUT2D eigenvalue weighted by atomic mass is 35.5. The molecule has 1 aromatic carbocycles. The summed E-state index contributed by atoms with van der Waals surface area (Å²) in [5.41, 5.74) is 5.58. The van der Waals surface area contributed by atoms with Crippen molar-refractivity contribution in [1.29, 1.82) is 0 Å². The number of hydrogen-bond donors (Lipinski definition) is 2. The van der Waals surface area contributed by atoms with Gasteiger partial charge in [-0.25, -0.2) is 9.69 Å². The van der Waals surface area contributed by atoms with Crippen LogP contribution in [0.1, 0.15) is 5.82 Å². The number of halogens is 2. The quantitative estimate of drug-likeness (QED) is 0.889. The van der Waals surface area contributed by atoms with E-state index in [2.05, 4.69) is 15.2 Å². The van der Waals surface area contributed by atoms with Gasteiger partial charge in [0.15, 0.2) is 0 Å². The predicted molar refractivity (Wildman–Crippen MR) is 69.3 cm³/mol. The molecule has 3 N–H and O–H groups in total. The summed E-state index contributed by atoms with van der Waals surface area (Å²) in [7, 11) is 0. The number of para-hydroxylation sites is 1. The average molecular weight is 286 g/mol. The maximum absolute atomic E-state index is 11.6. The number of nitrogens with zero attached hydrogens (tertiary/aromatic N) is 3. The lowest BCUT2D eigenvalue weighted by molar-refractivity contribution is 0.256. The fourth-order valence-electron chi connectivity index (χ4n) is 1.44. The topological polar surface area (TPSA) is 87.9 Å². The van der Waals surface area contributed by atoms with Gasteiger partial charge in [0.25, 0.3) is 5.95 Å². The fraction of sp³-hybridized carbons (Fsp3) is 0.100. The second-order valence-corrected chi connectivity index (χ2v) is 4.28. The molecule has 0 spiro atoms. The van der Waals surface area contributed by atoms with Crippen molar-refractivity contribution in [3.63, 3.8) is 0 Å². The number of carbonyl (C=O) groups excluding carboxylic acids is 1. The Bertz CT molecular complexity index is 577. The Kier molecular flexibility index (Phi) is 3.40. The van der Waals surface area contributed by atoms with E-state index in [0.717, 1.165) is 4.90 Å². The van der Waals surface area contributed by atoms with Gasteiger partial charge in [0, 0.05) is 0 Å². The zero-order valence-electron chi connectivity index (χ0n) is 9.32. The Balaban J connectivity index is 2.59. The van der Waals surface area contributed by atoms with E-state index in [1.807, 2.05) is 0 Å². The molecule has 0 aliphatic heterocycles. The first-order valence-corrected chi connectivity index (χ1v) is 5.69. The molecule has 2 amide bonds. The van der Waals surface area contributed by atoms with Gasteiger partial charge in [0.2, 0.25) is 0 Å². The van der Waals surface area contributed by atoms with Gasteiger partial charge in [-0.05, 0) is 19.1 Å². The molecule has 0 aliphatic carbocycles. The van der Waals surface area contributed by atoms with Crippen LogP contribution in [0.3, 0.4) is 0 Å². The van der Waals surface area contributed by atoms with Gasteiger partial charge in [0.05, 0.1) is 15.7 Å². The van der Waals surface area contributed by atoms with Gasteiger partial charge >= 0.3 is 6.03 Å². The number of aromatic amines is 1. The largest absolute Gasteiger partial charge is 0.351 e. The van der Waals surface area contributed by atoms with E-state index in [1.165, 1.54) is 0 Å². The molecule has 0 saturated heterocycles. The Hall–Kier alpha value is -1.79. The summed E-state index contributed by atoms with van der Waals surface area (Å²) in [6.45, 7) is 1.70. The number of rotatable bonds is 2. The SMILES string of the molecule is Cc1nc(N(C(N)=O)c2c(Cl)cccc2Cl)n[nH]1. The minimum absolute atomic E-state index is 0.0926. The lowest BCUT2D eigenvalue weighted by Gasteiger charge is -2.18. The van der Waals surface area contributed by atoms with Crippen molar-refractivity contribution >= 4 is 40.9 Å². The van der Waals surface area contributed by atoms with E-state index in [1.54, 1.807) is 25.1 Å². The van der Waals surface area contributed by atoms with Crippen molar-refractivity contribution in [1.82, 2.24) is 15.2 Å². The van der Waals surface area contributed by atoms with Gasteiger partial charge in [-0.15, -0.1) is 5.10 Å². The molecule has 8 heteroatoms. The van der Waals surface area contributed by atoms with Crippen LogP contribution >= 0.6 is 23.2 Å². The number of amides is 2. The third kappa shape index (κ3) is 2.25. The maximum atomic E-state index is 11.6.